The fourth-order valence-electron chi connectivity index (χ4n) is 4.22. The minimum atomic E-state index is -1.69. The number of carboxylic acid groups (broad SMARTS) is 2. The third-order valence-electron chi connectivity index (χ3n) is 6.22. The van der Waals surface area contributed by atoms with Gasteiger partial charge in [0.05, 0.1) is 30.2 Å². The Labute approximate surface area is 212 Å². The summed E-state index contributed by atoms with van der Waals surface area (Å²) in [6.07, 6.45) is 0.513. The molecule has 4 N–H and O–H groups in total. The number of nitrogens with zero attached hydrogens (tertiary/aromatic N) is 3. The number of nitrogens with one attached hydrogen (secondary N) is 2. The average molecular weight is 601 g/mol. The molecule has 0 unspecified atom stereocenters. The van der Waals surface area contributed by atoms with Crippen molar-refractivity contribution >= 4 is 59.6 Å². The van der Waals surface area contributed by atoms with Gasteiger partial charge in [0.2, 0.25) is 5.91 Å². The van der Waals surface area contributed by atoms with E-state index < -0.39 is 38.9 Å². The van der Waals surface area contributed by atoms with E-state index in [0.29, 0.717) is 31.7 Å². The van der Waals surface area contributed by atoms with E-state index in [9.17, 15) is 24.3 Å². The van der Waals surface area contributed by atoms with Crippen LogP contribution in [0, 0.1) is 0 Å². The maximum absolute atomic E-state index is 12.6. The van der Waals surface area contributed by atoms with E-state index in [2.05, 4.69) is 18.6 Å². The summed E-state index contributed by atoms with van der Waals surface area (Å²) in [5.41, 5.74) is 1.27. The summed E-state index contributed by atoms with van der Waals surface area (Å²) in [5.74, 6) is -4.05. The number of amides is 2. The highest BCUT2D eigenvalue weighted by Crippen LogP contribution is 2.35. The van der Waals surface area contributed by atoms with Crippen molar-refractivity contribution in [3.05, 3.63) is 23.3 Å². The van der Waals surface area contributed by atoms with Crippen molar-refractivity contribution in [3.63, 3.8) is 0 Å². The van der Waals surface area contributed by atoms with Crippen LogP contribution in [-0.4, -0.2) is 118 Å². The molecule has 1 aromatic rings. The van der Waals surface area contributed by atoms with Gasteiger partial charge in [0.25, 0.3) is 0 Å². The number of carboxylic acids is 2. The quantitative estimate of drug-likeness (QED) is 0.193. The Bertz CT molecular complexity index is 1050. The minimum Gasteiger partial charge on any atom is -0.478 e. The number of halogens is 1. The lowest BCUT2D eigenvalue weighted by Crippen LogP contribution is -2.50. The molecule has 3 aliphatic heterocycles. The van der Waals surface area contributed by atoms with E-state index in [1.165, 1.54) is 12.1 Å². The third kappa shape index (κ3) is 6.34. The Morgan fingerprint density at radius 1 is 1.00 bits per heavy atom. The van der Waals surface area contributed by atoms with E-state index in [-0.39, 0.29) is 17.2 Å². The van der Waals surface area contributed by atoms with E-state index in [4.69, 9.17) is 9.84 Å². The van der Waals surface area contributed by atoms with Gasteiger partial charge in [0.1, 0.15) is 0 Å². The molecule has 0 radical (unpaired) electrons. The number of carbonyl (C=O) groups excluding carboxylic acids is 2. The summed E-state index contributed by atoms with van der Waals surface area (Å²) in [6, 6.07) is 2.98. The van der Waals surface area contributed by atoms with Gasteiger partial charge in [-0.3, -0.25) is 19.4 Å². The largest absolute Gasteiger partial charge is 0.478 e. The normalized spacial score (nSPS) is 18.6. The van der Waals surface area contributed by atoms with Gasteiger partial charge in [-0.05, 0) is 12.1 Å². The van der Waals surface area contributed by atoms with Gasteiger partial charge in [-0.2, -0.15) is 0 Å². The smallest absolute Gasteiger partial charge is 0.394 e. The number of aliphatic carboxylic acids is 1. The molecular weight excluding hydrogens is 573 g/mol. The highest BCUT2D eigenvalue weighted by atomic mass is 127. The van der Waals surface area contributed by atoms with Crippen LogP contribution in [0.5, 0.6) is 0 Å². The number of benzene rings is 1. The molecule has 13 heteroatoms. The molecule has 0 aliphatic carbocycles. The first kappa shape index (κ1) is 25.5. The highest BCUT2D eigenvalue weighted by molar-refractivity contribution is 14.2. The van der Waals surface area contributed by atoms with Crippen molar-refractivity contribution in [2.45, 2.75) is 6.42 Å². The summed E-state index contributed by atoms with van der Waals surface area (Å²) in [5, 5.41) is 20.6. The molecule has 2 amide bonds. The Morgan fingerprint density at radius 3 is 2.37 bits per heavy atom. The number of aromatic carboxylic acids is 1. The molecule has 0 aromatic heterocycles. The fourth-order valence-corrected chi connectivity index (χ4v) is 6.67. The maximum atomic E-state index is 12.6. The maximum Gasteiger partial charge on any atom is 0.394 e. The lowest BCUT2D eigenvalue weighted by molar-refractivity contribution is -0.147. The van der Waals surface area contributed by atoms with E-state index >= 15 is 0 Å². The Hall–Kier alpha value is -2.62. The first-order valence-corrected chi connectivity index (χ1v) is 13.5. The topological polar surface area (TPSA) is 152 Å². The number of carbonyl (C=O) groups is 4. The molecule has 0 atom stereocenters. The molecule has 0 bridgehead atoms. The minimum absolute atomic E-state index is 0.0504. The van der Waals surface area contributed by atoms with Crippen LogP contribution in [0.25, 0.3) is 0 Å². The van der Waals surface area contributed by atoms with Crippen LogP contribution in [0.15, 0.2) is 12.1 Å². The third-order valence-corrected chi connectivity index (χ3v) is 8.64. The first-order valence-electron chi connectivity index (χ1n) is 11.3. The average Bonchev–Trinajstić information content (AvgIpc) is 3.24. The molecule has 0 saturated carbocycles. The summed E-state index contributed by atoms with van der Waals surface area (Å²) in [6.45, 7) is 7.41. The second-order valence-electron chi connectivity index (χ2n) is 8.46. The second kappa shape index (κ2) is 11.4. The standard InChI is InChI=1S/C22H28IN5O7/c29-19(1-2-26-7-9-35-10-8-26)28-5-3-27(4-6-28)13-16-14-11-15(21(31)32)17(12-18(14)25-23-16)24-20(30)22(33)34/h11-12,25H,1-10,13H2,(H,24,30)(H,31,32)(H,33,34). The number of hydrogen-bond donors (Lipinski definition) is 4. The number of anilines is 2. The molecular formula is C22H28IN5O7. The van der Waals surface area contributed by atoms with Crippen LogP contribution in [0.3, 0.4) is 0 Å². The van der Waals surface area contributed by atoms with Gasteiger partial charge in [-0.25, -0.2) is 9.59 Å². The molecule has 3 aliphatic rings. The van der Waals surface area contributed by atoms with Gasteiger partial charge < -0.3 is 28.7 Å². The number of ether oxygens (including phenoxy) is 1. The summed E-state index contributed by atoms with van der Waals surface area (Å²) in [4.78, 5) is 53.2. The molecule has 35 heavy (non-hydrogen) atoms. The summed E-state index contributed by atoms with van der Waals surface area (Å²) in [7, 11) is 0. The van der Waals surface area contributed by atoms with Crippen LogP contribution in [0.2, 0.25) is 0 Å². The predicted molar refractivity (Wildman–Crippen MR) is 136 cm³/mol. The highest BCUT2D eigenvalue weighted by Gasteiger charge is 2.27. The van der Waals surface area contributed by atoms with Crippen LogP contribution in [-0.2, 0) is 19.1 Å². The Balaban J connectivity index is 1.32. The first-order chi connectivity index (χ1) is 16.8. The molecule has 0 spiro atoms. The monoisotopic (exact) mass is 601 g/mol. The lowest BCUT2D eigenvalue weighted by atomic mass is 10.0. The molecule has 4 rings (SSSR count). The van der Waals surface area contributed by atoms with Gasteiger partial charge in [0.15, 0.2) is 0 Å². The molecule has 2 fully saturated rings. The van der Waals surface area contributed by atoms with Gasteiger partial charge in [-0.15, -0.1) is 0 Å². The van der Waals surface area contributed by atoms with Crippen molar-refractivity contribution in [1.82, 2.24) is 14.7 Å². The number of morpholine rings is 1. The molecule has 190 valence electrons. The van der Waals surface area contributed by atoms with Gasteiger partial charge in [-0.1, -0.05) is 0 Å². The number of piperazine rings is 1. The zero-order valence-electron chi connectivity index (χ0n) is 19.1. The van der Waals surface area contributed by atoms with Gasteiger partial charge >= 0.3 is 17.8 Å². The fraction of sp³-hybridized carbons (Fsp3) is 0.500. The molecule has 2 saturated heterocycles. The summed E-state index contributed by atoms with van der Waals surface area (Å²) >= 11 is -0.591. The molecule has 1 aromatic carbocycles. The van der Waals surface area contributed by atoms with Gasteiger partial charge in [0, 0.05) is 88.9 Å². The number of fused-ring (bicyclic) bond motifs is 1. The second-order valence-corrected chi connectivity index (χ2v) is 10.8. The van der Waals surface area contributed by atoms with E-state index in [1.54, 1.807) is 0 Å². The predicted octanol–water partition coefficient (Wildman–Crippen LogP) is 0.106. The van der Waals surface area contributed by atoms with Crippen LogP contribution < -0.4 is 8.85 Å². The SMILES string of the molecule is O=C(O)C(=O)Nc1cc2c(cc1C(=O)O)C(CN1CCN(C(=O)CCN3CCOCC3)CC1)=IN2. The van der Waals surface area contributed by atoms with Crippen molar-refractivity contribution < 1.29 is 34.1 Å². The van der Waals surface area contributed by atoms with Crippen molar-refractivity contribution in [2.24, 2.45) is 0 Å². The van der Waals surface area contributed by atoms with E-state index in [1.807, 2.05) is 4.90 Å². The number of rotatable bonds is 7. The zero-order valence-corrected chi connectivity index (χ0v) is 21.2. The van der Waals surface area contributed by atoms with E-state index in [0.717, 1.165) is 55.0 Å². The zero-order chi connectivity index (χ0) is 24.9. The van der Waals surface area contributed by atoms with Crippen molar-refractivity contribution in [3.8, 4) is 0 Å². The summed E-state index contributed by atoms with van der Waals surface area (Å²) < 4.78 is 9.76. The molecule has 12 nitrogen and oxygen atoms in total. The number of hydrogen-bond acceptors (Lipinski definition) is 8. The molecule has 3 heterocycles. The van der Waals surface area contributed by atoms with Crippen LogP contribution in [0.1, 0.15) is 22.3 Å². The Morgan fingerprint density at radius 2 is 1.71 bits per heavy atom. The lowest BCUT2D eigenvalue weighted by Gasteiger charge is -2.35. The van der Waals surface area contributed by atoms with Crippen LogP contribution in [0.4, 0.5) is 11.4 Å². The Kier molecular flexibility index (Phi) is 8.30. The van der Waals surface area contributed by atoms with Crippen LogP contribution >= 0.6 is 21.0 Å². The van der Waals surface area contributed by atoms with Crippen molar-refractivity contribution in [1.29, 1.82) is 0 Å². The van der Waals surface area contributed by atoms with Crippen molar-refractivity contribution in [2.75, 3.05) is 74.4 Å².